The van der Waals surface area contributed by atoms with Crippen LogP contribution in [-0.4, -0.2) is 27.3 Å². The Kier molecular flexibility index (Phi) is 9.10. The molecule has 1 aromatic heterocycles. The minimum Gasteiger partial charge on any atom is -0.457 e. The molecule has 3 aromatic rings. The Morgan fingerprint density at radius 1 is 1.07 bits per heavy atom. The lowest BCUT2D eigenvalue weighted by Crippen LogP contribution is -2.37. The lowest BCUT2D eigenvalue weighted by atomic mass is 10.1. The van der Waals surface area contributed by atoms with E-state index in [2.05, 4.69) is 39.9 Å². The first-order valence-electron chi connectivity index (χ1n) is 9.76. The van der Waals surface area contributed by atoms with Crippen molar-refractivity contribution < 1.29 is 4.74 Å². The molecule has 0 unspecified atom stereocenters. The maximum absolute atomic E-state index is 6.10. The molecule has 0 aliphatic rings. The van der Waals surface area contributed by atoms with Crippen LogP contribution < -0.4 is 15.4 Å². The molecular formula is C22H29IN6O. The number of nitrogens with one attached hydrogen (secondary N) is 2. The molecule has 0 saturated heterocycles. The molecule has 3 rings (SSSR count). The van der Waals surface area contributed by atoms with E-state index in [1.54, 1.807) is 0 Å². The van der Waals surface area contributed by atoms with E-state index in [0.29, 0.717) is 13.1 Å². The average molecular weight is 520 g/mol. The number of aromatic nitrogens is 3. The van der Waals surface area contributed by atoms with Crippen LogP contribution in [0.1, 0.15) is 29.7 Å². The Hall–Kier alpha value is -2.62. The maximum atomic E-state index is 6.10. The van der Waals surface area contributed by atoms with Gasteiger partial charge in [-0.25, -0.2) is 4.99 Å². The molecule has 30 heavy (non-hydrogen) atoms. The summed E-state index contributed by atoms with van der Waals surface area (Å²) in [5, 5.41) is 14.9. The zero-order valence-electron chi connectivity index (χ0n) is 17.8. The van der Waals surface area contributed by atoms with Gasteiger partial charge in [-0.1, -0.05) is 30.3 Å². The first-order valence-corrected chi connectivity index (χ1v) is 9.76. The molecule has 1 heterocycles. The number of nitrogens with zero attached hydrogens (tertiary/aromatic N) is 4. The van der Waals surface area contributed by atoms with Crippen molar-refractivity contribution >= 4 is 29.9 Å². The maximum Gasteiger partial charge on any atom is 0.191 e. The van der Waals surface area contributed by atoms with Crippen molar-refractivity contribution in [2.45, 2.75) is 33.9 Å². The predicted molar refractivity (Wildman–Crippen MR) is 131 cm³/mol. The minimum absolute atomic E-state index is 0. The van der Waals surface area contributed by atoms with E-state index in [4.69, 9.17) is 9.73 Å². The van der Waals surface area contributed by atoms with Gasteiger partial charge in [0.2, 0.25) is 0 Å². The van der Waals surface area contributed by atoms with Gasteiger partial charge in [-0.3, -0.25) is 0 Å². The normalized spacial score (nSPS) is 11.0. The highest BCUT2D eigenvalue weighted by molar-refractivity contribution is 14.0. The Labute approximate surface area is 195 Å². The fourth-order valence-corrected chi connectivity index (χ4v) is 2.78. The Morgan fingerprint density at radius 3 is 2.50 bits per heavy atom. The third-order valence-corrected chi connectivity index (χ3v) is 4.54. The van der Waals surface area contributed by atoms with Crippen molar-refractivity contribution in [2.75, 3.05) is 6.54 Å². The van der Waals surface area contributed by atoms with Gasteiger partial charge in [-0.05, 0) is 44.5 Å². The van der Waals surface area contributed by atoms with Crippen LogP contribution in [0.3, 0.4) is 0 Å². The van der Waals surface area contributed by atoms with Gasteiger partial charge in [0.1, 0.15) is 17.3 Å². The zero-order valence-corrected chi connectivity index (χ0v) is 20.2. The van der Waals surface area contributed by atoms with E-state index in [9.17, 15) is 0 Å². The molecule has 8 heteroatoms. The molecule has 0 aliphatic heterocycles. The number of rotatable bonds is 7. The third kappa shape index (κ3) is 6.45. The molecule has 160 valence electrons. The molecule has 0 fully saturated rings. The summed E-state index contributed by atoms with van der Waals surface area (Å²) >= 11 is 0. The molecule has 2 aromatic carbocycles. The highest BCUT2D eigenvalue weighted by Gasteiger charge is 2.08. The highest BCUT2D eigenvalue weighted by atomic mass is 127. The molecule has 2 N–H and O–H groups in total. The van der Waals surface area contributed by atoms with Crippen LogP contribution in [0.5, 0.6) is 11.5 Å². The topological polar surface area (TPSA) is 76.4 Å². The summed E-state index contributed by atoms with van der Waals surface area (Å²) in [6, 6.07) is 16.0. The predicted octanol–water partition coefficient (Wildman–Crippen LogP) is 4.10. The van der Waals surface area contributed by atoms with E-state index in [1.807, 2.05) is 61.9 Å². The standard InChI is InChI=1S/C22H28N6O.HI/c1-5-23-22(25-15-21-27-26-17(3)28(21)4)24-14-18-12-11-16(2)13-20(18)29-19-9-7-6-8-10-19;/h6-13H,5,14-15H2,1-4H3,(H2,23,24,25);1H. The number of guanidine groups is 1. The molecule has 0 radical (unpaired) electrons. The molecule has 0 amide bonds. The van der Waals surface area contributed by atoms with Crippen LogP contribution in [0.2, 0.25) is 0 Å². The van der Waals surface area contributed by atoms with Crippen LogP contribution in [0.25, 0.3) is 0 Å². The van der Waals surface area contributed by atoms with E-state index in [0.717, 1.165) is 46.8 Å². The molecule has 0 spiro atoms. The number of benzene rings is 2. The quantitative estimate of drug-likeness (QED) is 0.279. The molecular weight excluding hydrogens is 491 g/mol. The second kappa shape index (κ2) is 11.5. The Morgan fingerprint density at radius 2 is 1.83 bits per heavy atom. The van der Waals surface area contributed by atoms with Crippen molar-refractivity contribution in [3.8, 4) is 11.5 Å². The van der Waals surface area contributed by atoms with Crippen molar-refractivity contribution in [2.24, 2.45) is 12.0 Å². The van der Waals surface area contributed by atoms with E-state index in [-0.39, 0.29) is 24.0 Å². The van der Waals surface area contributed by atoms with Crippen molar-refractivity contribution in [3.05, 3.63) is 71.3 Å². The molecule has 0 atom stereocenters. The van der Waals surface area contributed by atoms with Gasteiger partial charge in [0.05, 0.1) is 13.1 Å². The van der Waals surface area contributed by atoms with Gasteiger partial charge in [0.15, 0.2) is 11.8 Å². The second-order valence-electron chi connectivity index (χ2n) is 6.80. The number of para-hydroxylation sites is 1. The first-order chi connectivity index (χ1) is 14.1. The molecule has 0 bridgehead atoms. The summed E-state index contributed by atoms with van der Waals surface area (Å²) in [5.74, 6) is 4.09. The van der Waals surface area contributed by atoms with Crippen LogP contribution in [-0.2, 0) is 20.1 Å². The molecule has 0 aliphatic carbocycles. The average Bonchev–Trinajstić information content (AvgIpc) is 3.04. The summed E-state index contributed by atoms with van der Waals surface area (Å²) in [5.41, 5.74) is 2.16. The fraction of sp³-hybridized carbons (Fsp3) is 0.318. The third-order valence-electron chi connectivity index (χ3n) is 4.54. The fourth-order valence-electron chi connectivity index (χ4n) is 2.78. The van der Waals surface area contributed by atoms with Gasteiger partial charge < -0.3 is 19.9 Å². The number of hydrogen-bond donors (Lipinski definition) is 2. The van der Waals surface area contributed by atoms with Crippen LogP contribution in [0.4, 0.5) is 0 Å². The summed E-state index contributed by atoms with van der Waals surface area (Å²) in [6.45, 7) is 7.84. The summed E-state index contributed by atoms with van der Waals surface area (Å²) in [4.78, 5) is 4.72. The van der Waals surface area contributed by atoms with Gasteiger partial charge in [-0.15, -0.1) is 34.2 Å². The summed E-state index contributed by atoms with van der Waals surface area (Å²) in [6.07, 6.45) is 0. The van der Waals surface area contributed by atoms with Crippen LogP contribution in [0, 0.1) is 13.8 Å². The van der Waals surface area contributed by atoms with E-state index < -0.39 is 0 Å². The van der Waals surface area contributed by atoms with Gasteiger partial charge in [0, 0.05) is 19.2 Å². The number of aliphatic imine (C=N–C) groups is 1. The van der Waals surface area contributed by atoms with E-state index >= 15 is 0 Å². The van der Waals surface area contributed by atoms with Crippen molar-refractivity contribution in [3.63, 3.8) is 0 Å². The lowest BCUT2D eigenvalue weighted by Gasteiger charge is -2.13. The van der Waals surface area contributed by atoms with Gasteiger partial charge >= 0.3 is 0 Å². The second-order valence-corrected chi connectivity index (χ2v) is 6.80. The van der Waals surface area contributed by atoms with Gasteiger partial charge in [0.25, 0.3) is 0 Å². The summed E-state index contributed by atoms with van der Waals surface area (Å²) < 4.78 is 8.06. The van der Waals surface area contributed by atoms with E-state index in [1.165, 1.54) is 0 Å². The smallest absolute Gasteiger partial charge is 0.191 e. The molecule has 0 saturated carbocycles. The number of ether oxygens (including phenoxy) is 1. The molecule has 7 nitrogen and oxygen atoms in total. The highest BCUT2D eigenvalue weighted by Crippen LogP contribution is 2.27. The van der Waals surface area contributed by atoms with Crippen molar-refractivity contribution in [1.82, 2.24) is 25.4 Å². The Balaban J connectivity index is 0.00000320. The van der Waals surface area contributed by atoms with Crippen LogP contribution in [0.15, 0.2) is 53.5 Å². The minimum atomic E-state index is 0. The SMILES string of the molecule is CCNC(=NCc1ccc(C)cc1Oc1ccccc1)NCc1nnc(C)n1C.I. The number of halogens is 1. The number of aryl methyl sites for hydroxylation is 2. The first kappa shape index (κ1) is 23.7. The van der Waals surface area contributed by atoms with Crippen molar-refractivity contribution in [1.29, 1.82) is 0 Å². The Bertz CT molecular complexity index is 971. The number of hydrogen-bond acceptors (Lipinski definition) is 4. The van der Waals surface area contributed by atoms with Crippen LogP contribution >= 0.6 is 24.0 Å². The zero-order chi connectivity index (χ0) is 20.6. The summed E-state index contributed by atoms with van der Waals surface area (Å²) in [7, 11) is 1.95. The van der Waals surface area contributed by atoms with Gasteiger partial charge in [-0.2, -0.15) is 0 Å². The monoisotopic (exact) mass is 520 g/mol. The lowest BCUT2D eigenvalue weighted by molar-refractivity contribution is 0.476. The largest absolute Gasteiger partial charge is 0.457 e.